The topological polar surface area (TPSA) is 58.4 Å². The number of nitrogens with zero attached hydrogens (tertiary/aromatic N) is 1. The lowest BCUT2D eigenvalue weighted by Crippen LogP contribution is -2.53. The number of likely N-dealkylation sites (tertiary alicyclic amines) is 1. The van der Waals surface area contributed by atoms with E-state index in [0.29, 0.717) is 0 Å². The van der Waals surface area contributed by atoms with Gasteiger partial charge in [-0.3, -0.25) is 4.79 Å². The number of hydrogen-bond acceptors (Lipinski definition) is 3. The Morgan fingerprint density at radius 1 is 1.33 bits per heavy atom. The fourth-order valence-electron chi connectivity index (χ4n) is 3.02. The van der Waals surface area contributed by atoms with Crippen LogP contribution in [0.4, 0.5) is 0 Å². The lowest BCUT2D eigenvalue weighted by atomic mass is 9.98. The largest absolute Gasteiger partial charge is 0.353 e. The fourth-order valence-corrected chi connectivity index (χ4v) is 3.02. The van der Waals surface area contributed by atoms with Gasteiger partial charge in [0, 0.05) is 13.1 Å². The standard InChI is InChI=1S/C14H27N3O/c1-12-4-9-17(10-5-12)11-8-16-13(18)14(15)6-2-3-7-14/h12H,2-11,15H2,1H3,(H,16,18). The van der Waals surface area contributed by atoms with E-state index in [4.69, 9.17) is 5.73 Å². The Labute approximate surface area is 110 Å². The molecular weight excluding hydrogens is 226 g/mol. The molecule has 0 radical (unpaired) electrons. The molecule has 0 atom stereocenters. The van der Waals surface area contributed by atoms with Gasteiger partial charge in [-0.05, 0) is 44.7 Å². The van der Waals surface area contributed by atoms with E-state index >= 15 is 0 Å². The molecule has 1 saturated heterocycles. The molecule has 0 aromatic carbocycles. The number of carbonyl (C=O) groups is 1. The van der Waals surface area contributed by atoms with Gasteiger partial charge in [0.05, 0.1) is 5.54 Å². The second kappa shape index (κ2) is 6.02. The van der Waals surface area contributed by atoms with E-state index in [0.717, 1.165) is 44.7 Å². The molecule has 1 aliphatic heterocycles. The van der Waals surface area contributed by atoms with Crippen LogP contribution in [-0.4, -0.2) is 42.5 Å². The summed E-state index contributed by atoms with van der Waals surface area (Å²) in [6.45, 7) is 6.37. The Morgan fingerprint density at radius 2 is 1.94 bits per heavy atom. The quantitative estimate of drug-likeness (QED) is 0.789. The Bertz CT molecular complexity index is 279. The van der Waals surface area contributed by atoms with Crippen molar-refractivity contribution < 1.29 is 4.79 Å². The first-order chi connectivity index (χ1) is 8.60. The van der Waals surface area contributed by atoms with E-state index in [1.54, 1.807) is 0 Å². The van der Waals surface area contributed by atoms with Crippen molar-refractivity contribution in [3.63, 3.8) is 0 Å². The smallest absolute Gasteiger partial charge is 0.240 e. The van der Waals surface area contributed by atoms with Gasteiger partial charge in [0.1, 0.15) is 0 Å². The highest BCUT2D eigenvalue weighted by atomic mass is 16.2. The van der Waals surface area contributed by atoms with Gasteiger partial charge >= 0.3 is 0 Å². The maximum Gasteiger partial charge on any atom is 0.240 e. The summed E-state index contributed by atoms with van der Waals surface area (Å²) in [7, 11) is 0. The minimum absolute atomic E-state index is 0.0605. The van der Waals surface area contributed by atoms with Crippen molar-refractivity contribution in [1.82, 2.24) is 10.2 Å². The molecule has 0 aromatic heterocycles. The van der Waals surface area contributed by atoms with Crippen LogP contribution in [0.25, 0.3) is 0 Å². The molecule has 2 fully saturated rings. The summed E-state index contributed by atoms with van der Waals surface area (Å²) < 4.78 is 0. The third-order valence-corrected chi connectivity index (χ3v) is 4.54. The van der Waals surface area contributed by atoms with Crippen molar-refractivity contribution in [3.8, 4) is 0 Å². The summed E-state index contributed by atoms with van der Waals surface area (Å²) in [5.74, 6) is 0.923. The Morgan fingerprint density at radius 3 is 2.56 bits per heavy atom. The van der Waals surface area contributed by atoms with Gasteiger partial charge in [0.2, 0.25) is 5.91 Å². The van der Waals surface area contributed by atoms with E-state index < -0.39 is 5.54 Å². The summed E-state index contributed by atoms with van der Waals surface area (Å²) in [6.07, 6.45) is 6.45. The predicted molar refractivity (Wildman–Crippen MR) is 73.2 cm³/mol. The second-order valence-electron chi connectivity index (χ2n) is 6.14. The number of hydrogen-bond donors (Lipinski definition) is 2. The number of nitrogens with one attached hydrogen (secondary N) is 1. The van der Waals surface area contributed by atoms with E-state index in [1.165, 1.54) is 25.9 Å². The normalized spacial score (nSPS) is 25.2. The average Bonchev–Trinajstić information content (AvgIpc) is 2.80. The molecule has 0 aromatic rings. The van der Waals surface area contributed by atoms with Gasteiger partial charge in [0.25, 0.3) is 0 Å². The molecule has 2 aliphatic rings. The predicted octanol–water partition coefficient (Wildman–Crippen LogP) is 1.11. The van der Waals surface area contributed by atoms with Crippen LogP contribution < -0.4 is 11.1 Å². The minimum Gasteiger partial charge on any atom is -0.353 e. The zero-order valence-corrected chi connectivity index (χ0v) is 11.6. The van der Waals surface area contributed by atoms with E-state index in [2.05, 4.69) is 17.1 Å². The molecule has 104 valence electrons. The summed E-state index contributed by atoms with van der Waals surface area (Å²) in [4.78, 5) is 14.4. The molecule has 0 bridgehead atoms. The van der Waals surface area contributed by atoms with Crippen molar-refractivity contribution >= 4 is 5.91 Å². The molecule has 1 aliphatic carbocycles. The number of nitrogens with two attached hydrogens (primary N) is 1. The van der Waals surface area contributed by atoms with Crippen molar-refractivity contribution in [2.75, 3.05) is 26.2 Å². The Kier molecular flexibility index (Phi) is 4.62. The van der Waals surface area contributed by atoms with Crippen LogP contribution in [0.2, 0.25) is 0 Å². The van der Waals surface area contributed by atoms with Crippen molar-refractivity contribution in [1.29, 1.82) is 0 Å². The lowest BCUT2D eigenvalue weighted by molar-refractivity contribution is -0.126. The van der Waals surface area contributed by atoms with Gasteiger partial charge in [0.15, 0.2) is 0 Å². The summed E-state index contributed by atoms with van der Waals surface area (Å²) in [5.41, 5.74) is 5.54. The first-order valence-electron chi connectivity index (χ1n) is 7.40. The van der Waals surface area contributed by atoms with Gasteiger partial charge in [-0.1, -0.05) is 19.8 Å². The Hall–Kier alpha value is -0.610. The summed E-state index contributed by atoms with van der Waals surface area (Å²) in [5, 5.41) is 3.02. The highest BCUT2D eigenvalue weighted by molar-refractivity contribution is 5.86. The molecule has 2 rings (SSSR count). The number of amides is 1. The maximum absolute atomic E-state index is 12.0. The zero-order chi connectivity index (χ0) is 13.0. The van der Waals surface area contributed by atoms with Crippen molar-refractivity contribution in [3.05, 3.63) is 0 Å². The first kappa shape index (κ1) is 13.8. The maximum atomic E-state index is 12.0. The average molecular weight is 253 g/mol. The van der Waals surface area contributed by atoms with Gasteiger partial charge < -0.3 is 16.0 Å². The van der Waals surface area contributed by atoms with Crippen molar-refractivity contribution in [2.45, 2.75) is 51.0 Å². The Balaban J connectivity index is 1.64. The van der Waals surface area contributed by atoms with E-state index in [-0.39, 0.29) is 5.91 Å². The van der Waals surface area contributed by atoms with Crippen LogP contribution in [0.1, 0.15) is 45.4 Å². The van der Waals surface area contributed by atoms with Crippen LogP contribution in [0.5, 0.6) is 0 Å². The molecule has 1 amide bonds. The van der Waals surface area contributed by atoms with Crippen LogP contribution in [-0.2, 0) is 4.79 Å². The van der Waals surface area contributed by atoms with Gasteiger partial charge in [-0.15, -0.1) is 0 Å². The SMILES string of the molecule is CC1CCN(CCNC(=O)C2(N)CCCC2)CC1. The molecular formula is C14H27N3O. The van der Waals surface area contributed by atoms with Crippen LogP contribution in [0, 0.1) is 5.92 Å². The summed E-state index contributed by atoms with van der Waals surface area (Å²) >= 11 is 0. The zero-order valence-electron chi connectivity index (χ0n) is 11.6. The van der Waals surface area contributed by atoms with Gasteiger partial charge in [-0.2, -0.15) is 0 Å². The minimum atomic E-state index is -0.573. The van der Waals surface area contributed by atoms with Crippen molar-refractivity contribution in [2.24, 2.45) is 11.7 Å². The number of carbonyl (C=O) groups excluding carboxylic acids is 1. The highest BCUT2D eigenvalue weighted by Crippen LogP contribution is 2.27. The second-order valence-corrected chi connectivity index (χ2v) is 6.14. The molecule has 0 spiro atoms. The molecule has 4 nitrogen and oxygen atoms in total. The third kappa shape index (κ3) is 3.45. The molecule has 4 heteroatoms. The monoisotopic (exact) mass is 253 g/mol. The lowest BCUT2D eigenvalue weighted by Gasteiger charge is -2.30. The van der Waals surface area contributed by atoms with E-state index in [1.807, 2.05) is 0 Å². The summed E-state index contributed by atoms with van der Waals surface area (Å²) in [6, 6.07) is 0. The number of rotatable bonds is 4. The molecule has 1 saturated carbocycles. The van der Waals surface area contributed by atoms with E-state index in [9.17, 15) is 4.79 Å². The van der Waals surface area contributed by atoms with Crippen LogP contribution in [0.3, 0.4) is 0 Å². The molecule has 0 unspecified atom stereocenters. The molecule has 1 heterocycles. The van der Waals surface area contributed by atoms with Crippen LogP contribution in [0.15, 0.2) is 0 Å². The molecule has 18 heavy (non-hydrogen) atoms. The number of piperidine rings is 1. The highest BCUT2D eigenvalue weighted by Gasteiger charge is 2.36. The van der Waals surface area contributed by atoms with Gasteiger partial charge in [-0.25, -0.2) is 0 Å². The molecule has 3 N–H and O–H groups in total. The van der Waals surface area contributed by atoms with Crippen LogP contribution >= 0.6 is 0 Å². The first-order valence-corrected chi connectivity index (χ1v) is 7.40. The third-order valence-electron chi connectivity index (χ3n) is 4.54. The fraction of sp³-hybridized carbons (Fsp3) is 0.929.